The van der Waals surface area contributed by atoms with Gasteiger partial charge in [0.05, 0.1) is 11.3 Å². The molecule has 0 atom stereocenters. The van der Waals surface area contributed by atoms with E-state index in [1.807, 2.05) is 0 Å². The Kier molecular flexibility index (Phi) is 4.80. The zero-order valence-electron chi connectivity index (χ0n) is 10.0. The molecule has 18 heavy (non-hydrogen) atoms. The predicted octanol–water partition coefficient (Wildman–Crippen LogP) is 1.13. The molecule has 0 bridgehead atoms. The van der Waals surface area contributed by atoms with Gasteiger partial charge in [0.25, 0.3) is 11.7 Å². The summed E-state index contributed by atoms with van der Waals surface area (Å²) in [6, 6.07) is 6.35. The lowest BCUT2D eigenvalue weighted by atomic mass is 10.1. The lowest BCUT2D eigenvalue weighted by molar-refractivity contribution is -0.117. The van der Waals surface area contributed by atoms with Crippen molar-refractivity contribution in [2.45, 2.75) is 6.92 Å². The maximum absolute atomic E-state index is 11.9. The molecule has 0 heterocycles. The van der Waals surface area contributed by atoms with Crippen LogP contribution in [-0.2, 0) is 9.59 Å². The molecule has 0 spiro atoms. The lowest BCUT2D eigenvalue weighted by Crippen LogP contribution is -2.31. The number of rotatable bonds is 5. The normalized spacial score (nSPS) is 9.39. The second-order valence-corrected chi connectivity index (χ2v) is 3.55. The third kappa shape index (κ3) is 3.55. The minimum absolute atomic E-state index is 0.161. The summed E-state index contributed by atoms with van der Waals surface area (Å²) in [5, 5.41) is 4.90. The van der Waals surface area contributed by atoms with Crippen molar-refractivity contribution in [3.8, 4) is 0 Å². The predicted molar refractivity (Wildman–Crippen MR) is 68.3 cm³/mol. The summed E-state index contributed by atoms with van der Waals surface area (Å²) in [6.07, 6.45) is 1.48. The van der Waals surface area contributed by atoms with Crippen molar-refractivity contribution in [1.29, 1.82) is 0 Å². The highest BCUT2D eigenvalue weighted by Gasteiger charge is 2.18. The molecule has 0 unspecified atom stereocenters. The first kappa shape index (κ1) is 13.6. The molecule has 0 fully saturated rings. The van der Waals surface area contributed by atoms with E-state index in [0.717, 1.165) is 0 Å². The quantitative estimate of drug-likeness (QED) is 0.464. The SMILES string of the molecule is C=CCNC(=O)C(=O)c1ccccc1NC(C)=O. The summed E-state index contributed by atoms with van der Waals surface area (Å²) in [5.41, 5.74) is 0.484. The highest BCUT2D eigenvalue weighted by molar-refractivity contribution is 6.44. The Hall–Kier alpha value is -2.43. The van der Waals surface area contributed by atoms with Crippen LogP contribution in [0.2, 0.25) is 0 Å². The zero-order valence-corrected chi connectivity index (χ0v) is 10.0. The molecule has 2 amide bonds. The number of para-hydroxylation sites is 1. The van der Waals surface area contributed by atoms with Crippen LogP contribution in [0.1, 0.15) is 17.3 Å². The maximum Gasteiger partial charge on any atom is 0.292 e. The van der Waals surface area contributed by atoms with Crippen LogP contribution in [0, 0.1) is 0 Å². The number of ketones is 1. The van der Waals surface area contributed by atoms with Crippen molar-refractivity contribution >= 4 is 23.3 Å². The molecule has 0 aliphatic carbocycles. The van der Waals surface area contributed by atoms with Crippen LogP contribution in [0.15, 0.2) is 36.9 Å². The monoisotopic (exact) mass is 246 g/mol. The van der Waals surface area contributed by atoms with Crippen molar-refractivity contribution in [2.75, 3.05) is 11.9 Å². The van der Waals surface area contributed by atoms with Crippen molar-refractivity contribution in [3.63, 3.8) is 0 Å². The van der Waals surface area contributed by atoms with Crippen LogP contribution in [0.5, 0.6) is 0 Å². The second kappa shape index (κ2) is 6.34. The molecule has 0 aromatic heterocycles. The standard InChI is InChI=1S/C13H14N2O3/c1-3-8-14-13(18)12(17)10-6-4-5-7-11(10)15-9(2)16/h3-7H,1,8H2,2H3,(H,14,18)(H,15,16). The third-order valence-corrected chi connectivity index (χ3v) is 2.10. The molecule has 94 valence electrons. The molecule has 0 saturated heterocycles. The van der Waals surface area contributed by atoms with E-state index < -0.39 is 11.7 Å². The number of hydrogen-bond donors (Lipinski definition) is 2. The van der Waals surface area contributed by atoms with E-state index in [9.17, 15) is 14.4 Å². The van der Waals surface area contributed by atoms with Gasteiger partial charge in [0.15, 0.2) is 0 Å². The van der Waals surface area contributed by atoms with E-state index in [1.54, 1.807) is 18.2 Å². The van der Waals surface area contributed by atoms with E-state index in [2.05, 4.69) is 17.2 Å². The molecular formula is C13H14N2O3. The summed E-state index contributed by atoms with van der Waals surface area (Å²) in [6.45, 7) is 4.99. The number of nitrogens with one attached hydrogen (secondary N) is 2. The van der Waals surface area contributed by atoms with Gasteiger partial charge in [0, 0.05) is 13.5 Å². The van der Waals surface area contributed by atoms with Gasteiger partial charge in [-0.2, -0.15) is 0 Å². The van der Waals surface area contributed by atoms with E-state index in [0.29, 0.717) is 5.69 Å². The first-order valence-corrected chi connectivity index (χ1v) is 5.36. The van der Waals surface area contributed by atoms with Crippen molar-refractivity contribution in [1.82, 2.24) is 5.32 Å². The van der Waals surface area contributed by atoms with E-state index in [4.69, 9.17) is 0 Å². The molecule has 0 radical (unpaired) electrons. The molecule has 0 aliphatic heterocycles. The third-order valence-electron chi connectivity index (χ3n) is 2.10. The Morgan fingerprint density at radius 2 is 1.94 bits per heavy atom. The first-order valence-electron chi connectivity index (χ1n) is 5.36. The number of amides is 2. The minimum atomic E-state index is -0.729. The zero-order chi connectivity index (χ0) is 13.5. The van der Waals surface area contributed by atoms with Gasteiger partial charge in [-0.15, -0.1) is 6.58 Å². The van der Waals surface area contributed by atoms with E-state index in [-0.39, 0.29) is 18.0 Å². The van der Waals surface area contributed by atoms with Crippen molar-refractivity contribution in [3.05, 3.63) is 42.5 Å². The van der Waals surface area contributed by atoms with Gasteiger partial charge in [-0.25, -0.2) is 0 Å². The molecule has 5 nitrogen and oxygen atoms in total. The molecular weight excluding hydrogens is 232 g/mol. The maximum atomic E-state index is 11.9. The molecule has 0 saturated carbocycles. The molecule has 0 aliphatic rings. The molecule has 2 N–H and O–H groups in total. The van der Waals surface area contributed by atoms with Crippen LogP contribution in [0.25, 0.3) is 0 Å². The molecule has 1 aromatic carbocycles. The van der Waals surface area contributed by atoms with Crippen LogP contribution < -0.4 is 10.6 Å². The summed E-state index contributed by atoms with van der Waals surface area (Å²) >= 11 is 0. The fourth-order valence-electron chi connectivity index (χ4n) is 1.35. The molecule has 1 aromatic rings. The van der Waals surface area contributed by atoms with E-state index in [1.165, 1.54) is 19.1 Å². The lowest BCUT2D eigenvalue weighted by Gasteiger charge is -2.08. The van der Waals surface area contributed by atoms with Crippen LogP contribution in [0.3, 0.4) is 0 Å². The summed E-state index contributed by atoms with van der Waals surface area (Å²) < 4.78 is 0. The van der Waals surface area contributed by atoms with Gasteiger partial charge in [-0.1, -0.05) is 18.2 Å². The average Bonchev–Trinajstić information content (AvgIpc) is 2.35. The number of anilines is 1. The largest absolute Gasteiger partial charge is 0.346 e. The van der Waals surface area contributed by atoms with Crippen LogP contribution in [0.4, 0.5) is 5.69 Å². The molecule has 5 heteroatoms. The number of hydrogen-bond acceptors (Lipinski definition) is 3. The first-order chi connectivity index (χ1) is 8.56. The Morgan fingerprint density at radius 1 is 1.28 bits per heavy atom. The number of Topliss-reactive ketones (excluding diaryl/α,β-unsaturated/α-hetero) is 1. The number of carbonyl (C=O) groups excluding carboxylic acids is 3. The Bertz CT molecular complexity index is 495. The minimum Gasteiger partial charge on any atom is -0.346 e. The summed E-state index contributed by atoms with van der Waals surface area (Å²) in [7, 11) is 0. The highest BCUT2D eigenvalue weighted by Crippen LogP contribution is 2.15. The number of benzene rings is 1. The molecule has 1 rings (SSSR count). The van der Waals surface area contributed by atoms with Gasteiger partial charge < -0.3 is 10.6 Å². The van der Waals surface area contributed by atoms with E-state index >= 15 is 0 Å². The second-order valence-electron chi connectivity index (χ2n) is 3.55. The number of carbonyl (C=O) groups is 3. The summed E-state index contributed by atoms with van der Waals surface area (Å²) in [4.78, 5) is 34.4. The van der Waals surface area contributed by atoms with Crippen LogP contribution >= 0.6 is 0 Å². The van der Waals surface area contributed by atoms with Gasteiger partial charge in [-0.05, 0) is 12.1 Å². The van der Waals surface area contributed by atoms with Gasteiger partial charge in [0.2, 0.25) is 5.91 Å². The highest BCUT2D eigenvalue weighted by atomic mass is 16.2. The van der Waals surface area contributed by atoms with Gasteiger partial charge >= 0.3 is 0 Å². The van der Waals surface area contributed by atoms with Gasteiger partial charge in [0.1, 0.15) is 0 Å². The smallest absolute Gasteiger partial charge is 0.292 e. The van der Waals surface area contributed by atoms with Crippen molar-refractivity contribution in [2.24, 2.45) is 0 Å². The average molecular weight is 246 g/mol. The van der Waals surface area contributed by atoms with Gasteiger partial charge in [-0.3, -0.25) is 14.4 Å². The van der Waals surface area contributed by atoms with Crippen molar-refractivity contribution < 1.29 is 14.4 Å². The fourth-order valence-corrected chi connectivity index (χ4v) is 1.35. The van der Waals surface area contributed by atoms with Crippen LogP contribution in [-0.4, -0.2) is 24.1 Å². The topological polar surface area (TPSA) is 75.3 Å². The summed E-state index contributed by atoms with van der Waals surface area (Å²) in [5.74, 6) is -1.73. The Morgan fingerprint density at radius 3 is 2.56 bits per heavy atom. The Labute approximate surface area is 105 Å². The Balaban J connectivity index is 2.94. The fraction of sp³-hybridized carbons (Fsp3) is 0.154.